The summed E-state index contributed by atoms with van der Waals surface area (Å²) in [4.78, 5) is 12.2. The van der Waals surface area contributed by atoms with Crippen LogP contribution in [-0.4, -0.2) is 16.8 Å². The highest BCUT2D eigenvalue weighted by Crippen LogP contribution is 2.26. The Balaban J connectivity index is 2.07. The van der Waals surface area contributed by atoms with E-state index in [0.717, 1.165) is 34.1 Å². The molecule has 0 fully saturated rings. The van der Waals surface area contributed by atoms with Gasteiger partial charge in [0.25, 0.3) is 0 Å². The van der Waals surface area contributed by atoms with Crippen LogP contribution in [0.4, 0.5) is 11.4 Å². The first kappa shape index (κ1) is 20.3. The van der Waals surface area contributed by atoms with Crippen molar-refractivity contribution in [1.29, 1.82) is 5.26 Å². The Morgan fingerprint density at radius 1 is 1.26 bits per heavy atom. The molecule has 1 amide bonds. The number of anilines is 2. The molecular formula is C19H22N6OS. The molecule has 27 heavy (non-hydrogen) atoms. The van der Waals surface area contributed by atoms with Gasteiger partial charge in [-0.05, 0) is 44.0 Å². The molecule has 0 aliphatic rings. The summed E-state index contributed by atoms with van der Waals surface area (Å²) < 4.78 is 0. The fourth-order valence-corrected chi connectivity index (χ4v) is 3.46. The molecule has 0 aromatic heterocycles. The minimum Gasteiger partial charge on any atom is -0.324 e. The van der Waals surface area contributed by atoms with E-state index in [0.29, 0.717) is 16.4 Å². The molecule has 8 heteroatoms. The lowest BCUT2D eigenvalue weighted by Gasteiger charge is -2.23. The minimum absolute atomic E-state index is 0.0491. The highest BCUT2D eigenvalue weighted by Gasteiger charge is 2.17. The van der Waals surface area contributed by atoms with Crippen LogP contribution in [-0.2, 0) is 4.79 Å². The van der Waals surface area contributed by atoms with Crippen LogP contribution in [0.3, 0.4) is 0 Å². The third-order valence-corrected chi connectivity index (χ3v) is 4.81. The number of amidine groups is 1. The molecule has 0 aliphatic heterocycles. The summed E-state index contributed by atoms with van der Waals surface area (Å²) in [5.41, 5.74) is 4.78. The molecule has 140 valence electrons. The topological polar surface area (TPSA) is 121 Å². The van der Waals surface area contributed by atoms with Gasteiger partial charge < -0.3 is 11.2 Å². The summed E-state index contributed by atoms with van der Waals surface area (Å²) in [6.07, 6.45) is 0. The monoisotopic (exact) mass is 382 g/mol. The molecule has 0 heterocycles. The Hall–Kier alpha value is -3.02. The van der Waals surface area contributed by atoms with Gasteiger partial charge in [0.15, 0.2) is 0 Å². The summed E-state index contributed by atoms with van der Waals surface area (Å²) >= 11 is 1.12. The van der Waals surface area contributed by atoms with Gasteiger partial charge in [0.1, 0.15) is 6.07 Å². The normalized spacial score (nSPS) is 11.0. The van der Waals surface area contributed by atoms with E-state index in [1.165, 1.54) is 5.01 Å². The Bertz CT molecular complexity index is 896. The standard InChI is InChI=1S/C19H22N6OS/c1-12-8-13(2)18(14(3)9-12)25(22)19(24-21)27-11-17(26)23-16-7-5-4-6-15(16)10-20/h4-9H,11,21-22H2,1-3H3,(H,23,26)/b24-19+. The molecule has 0 radical (unpaired) electrons. The van der Waals surface area contributed by atoms with Crippen LogP contribution in [0.1, 0.15) is 22.3 Å². The quantitative estimate of drug-likeness (QED) is 0.324. The Morgan fingerprint density at radius 2 is 1.89 bits per heavy atom. The molecule has 0 saturated carbocycles. The number of para-hydroxylation sites is 1. The van der Waals surface area contributed by atoms with Crippen LogP contribution in [0.2, 0.25) is 0 Å². The minimum atomic E-state index is -0.283. The molecule has 2 aromatic carbocycles. The zero-order chi connectivity index (χ0) is 20.0. The number of nitrogens with two attached hydrogens (primary N) is 2. The van der Waals surface area contributed by atoms with Crippen molar-refractivity contribution >= 4 is 34.2 Å². The second kappa shape index (κ2) is 9.07. The van der Waals surface area contributed by atoms with Crippen LogP contribution < -0.4 is 22.0 Å². The molecule has 2 rings (SSSR count). The summed E-state index contributed by atoms with van der Waals surface area (Å²) in [6.45, 7) is 5.93. The van der Waals surface area contributed by atoms with Gasteiger partial charge >= 0.3 is 0 Å². The lowest BCUT2D eigenvalue weighted by atomic mass is 10.1. The van der Waals surface area contributed by atoms with Gasteiger partial charge in [0, 0.05) is 0 Å². The molecule has 0 saturated heterocycles. The Morgan fingerprint density at radius 3 is 2.48 bits per heavy atom. The number of hydrazone groups is 1. The first-order valence-electron chi connectivity index (χ1n) is 8.19. The number of rotatable bonds is 4. The van der Waals surface area contributed by atoms with Crippen molar-refractivity contribution in [2.45, 2.75) is 20.8 Å². The average molecular weight is 382 g/mol. The lowest BCUT2D eigenvalue weighted by Crippen LogP contribution is -2.38. The summed E-state index contributed by atoms with van der Waals surface area (Å²) in [5, 5.41) is 17.2. The summed E-state index contributed by atoms with van der Waals surface area (Å²) in [6, 6.07) is 12.9. The van der Waals surface area contributed by atoms with E-state index in [-0.39, 0.29) is 11.7 Å². The highest BCUT2D eigenvalue weighted by molar-refractivity contribution is 8.14. The number of carbonyl (C=O) groups excluding carboxylic acids is 1. The average Bonchev–Trinajstić information content (AvgIpc) is 2.61. The SMILES string of the molecule is Cc1cc(C)c(N(N)/C(=N\N)SCC(=O)Nc2ccccc2C#N)c(C)c1. The van der Waals surface area contributed by atoms with Crippen molar-refractivity contribution in [3.8, 4) is 6.07 Å². The number of hydrogen-bond donors (Lipinski definition) is 3. The predicted molar refractivity (Wildman–Crippen MR) is 111 cm³/mol. The number of amides is 1. The number of benzene rings is 2. The van der Waals surface area contributed by atoms with Crippen LogP contribution in [0, 0.1) is 32.1 Å². The lowest BCUT2D eigenvalue weighted by molar-refractivity contribution is -0.113. The summed E-state index contributed by atoms with van der Waals surface area (Å²) in [5.74, 6) is 11.5. The Kier molecular flexibility index (Phi) is 6.82. The number of hydrogen-bond acceptors (Lipinski definition) is 6. The predicted octanol–water partition coefficient (Wildman–Crippen LogP) is 2.77. The van der Waals surface area contributed by atoms with Gasteiger partial charge in [0.05, 0.1) is 22.7 Å². The highest BCUT2D eigenvalue weighted by atomic mass is 32.2. The third-order valence-electron chi connectivity index (χ3n) is 3.85. The van der Waals surface area contributed by atoms with Gasteiger partial charge in [-0.3, -0.25) is 9.80 Å². The molecule has 2 aromatic rings. The molecule has 0 bridgehead atoms. The second-order valence-corrected chi connectivity index (χ2v) is 6.97. The maximum atomic E-state index is 12.2. The van der Waals surface area contributed by atoms with E-state index in [1.54, 1.807) is 24.3 Å². The van der Waals surface area contributed by atoms with Crippen molar-refractivity contribution in [1.82, 2.24) is 0 Å². The molecular weight excluding hydrogens is 360 g/mol. The van der Waals surface area contributed by atoms with Crippen LogP contribution in [0.15, 0.2) is 41.5 Å². The van der Waals surface area contributed by atoms with Crippen LogP contribution >= 0.6 is 11.8 Å². The molecule has 0 unspecified atom stereocenters. The smallest absolute Gasteiger partial charge is 0.234 e. The Labute approximate surface area is 163 Å². The van der Waals surface area contributed by atoms with Gasteiger partial charge in [-0.1, -0.05) is 41.6 Å². The van der Waals surface area contributed by atoms with Crippen LogP contribution in [0.5, 0.6) is 0 Å². The largest absolute Gasteiger partial charge is 0.324 e. The summed E-state index contributed by atoms with van der Waals surface area (Å²) in [7, 11) is 0. The van der Waals surface area contributed by atoms with Crippen molar-refractivity contribution in [3.63, 3.8) is 0 Å². The van der Waals surface area contributed by atoms with Crippen LogP contribution in [0.25, 0.3) is 0 Å². The van der Waals surface area contributed by atoms with E-state index in [2.05, 4.69) is 10.4 Å². The number of nitrogens with zero attached hydrogens (tertiary/aromatic N) is 3. The maximum absolute atomic E-state index is 12.2. The third kappa shape index (κ3) is 5.00. The molecule has 0 spiro atoms. The van der Waals surface area contributed by atoms with Gasteiger partial charge in [-0.2, -0.15) is 10.4 Å². The first-order chi connectivity index (χ1) is 12.9. The van der Waals surface area contributed by atoms with Crippen molar-refractivity contribution in [2.24, 2.45) is 16.8 Å². The van der Waals surface area contributed by atoms with E-state index in [4.69, 9.17) is 16.9 Å². The van der Waals surface area contributed by atoms with Gasteiger partial charge in [0.2, 0.25) is 11.1 Å². The van der Waals surface area contributed by atoms with Gasteiger partial charge in [-0.15, -0.1) is 0 Å². The fraction of sp³-hybridized carbons (Fsp3) is 0.211. The molecule has 0 aliphatic carbocycles. The molecule has 0 atom stereocenters. The van der Waals surface area contributed by atoms with E-state index in [9.17, 15) is 4.79 Å². The number of hydrazine groups is 1. The van der Waals surface area contributed by atoms with E-state index in [1.807, 2.05) is 39.0 Å². The van der Waals surface area contributed by atoms with Gasteiger partial charge in [-0.25, -0.2) is 5.84 Å². The van der Waals surface area contributed by atoms with E-state index >= 15 is 0 Å². The number of carbonyl (C=O) groups is 1. The number of nitriles is 1. The van der Waals surface area contributed by atoms with E-state index < -0.39 is 0 Å². The number of thioether (sulfide) groups is 1. The molecule has 5 N–H and O–H groups in total. The zero-order valence-electron chi connectivity index (χ0n) is 15.5. The van der Waals surface area contributed by atoms with Crippen molar-refractivity contribution < 1.29 is 4.79 Å². The maximum Gasteiger partial charge on any atom is 0.234 e. The number of nitrogens with one attached hydrogen (secondary N) is 1. The molecule has 7 nitrogen and oxygen atoms in total. The first-order valence-corrected chi connectivity index (χ1v) is 9.18. The van der Waals surface area contributed by atoms with Crippen molar-refractivity contribution in [3.05, 3.63) is 58.7 Å². The number of aryl methyl sites for hydroxylation is 3. The fourth-order valence-electron chi connectivity index (χ4n) is 2.82. The second-order valence-electron chi connectivity index (χ2n) is 6.02. The van der Waals surface area contributed by atoms with Crippen molar-refractivity contribution in [2.75, 3.05) is 16.1 Å². The zero-order valence-corrected chi connectivity index (χ0v) is 16.3.